The third-order valence-electron chi connectivity index (χ3n) is 2.13. The monoisotopic (exact) mass is 283 g/mol. The van der Waals surface area contributed by atoms with Crippen molar-refractivity contribution in [2.75, 3.05) is 0 Å². The zero-order chi connectivity index (χ0) is 11.9. The number of imidazole rings is 1. The minimum Gasteiger partial charge on any atom is -0.476 e. The van der Waals surface area contributed by atoms with Crippen molar-refractivity contribution in [1.82, 2.24) is 9.38 Å². The van der Waals surface area contributed by atoms with E-state index in [1.807, 2.05) is 0 Å². The van der Waals surface area contributed by atoms with Gasteiger partial charge in [0.15, 0.2) is 5.69 Å². The fraction of sp³-hybridized carbons (Fsp3) is 0.111. The highest BCUT2D eigenvalue weighted by atomic mass is 79.9. The van der Waals surface area contributed by atoms with Gasteiger partial charge in [-0.25, -0.2) is 9.78 Å². The normalized spacial score (nSPS) is 10.6. The van der Waals surface area contributed by atoms with E-state index in [1.54, 1.807) is 19.2 Å². The Balaban J connectivity index is 2.92. The van der Waals surface area contributed by atoms with E-state index in [9.17, 15) is 9.70 Å². The molecule has 2 aromatic heterocycles. The smallest absolute Gasteiger partial charge is 0.358 e. The molecular weight excluding hydrogens is 278 g/mol. The molecule has 0 aromatic carbocycles. The molecule has 1 N–H and O–H groups in total. The number of carboxylic acid groups (broad SMARTS) is 1. The van der Waals surface area contributed by atoms with Gasteiger partial charge in [0, 0.05) is 10.7 Å². The third kappa shape index (κ3) is 1.49. The van der Waals surface area contributed by atoms with E-state index in [2.05, 4.69) is 26.1 Å². The summed E-state index contributed by atoms with van der Waals surface area (Å²) in [5, 5.41) is 11.6. The highest BCUT2D eigenvalue weighted by molar-refractivity contribution is 9.10. The van der Waals surface area contributed by atoms with Gasteiger partial charge in [0.1, 0.15) is 5.65 Å². The van der Waals surface area contributed by atoms with Crippen LogP contribution in [0.5, 0.6) is 0 Å². The number of carboxylic acids is 1. The molecule has 16 heavy (non-hydrogen) atoms. The van der Waals surface area contributed by atoms with Gasteiger partial charge in [0.05, 0.1) is 0 Å². The quantitative estimate of drug-likeness (QED) is 0.858. The van der Waals surface area contributed by atoms with Gasteiger partial charge in [-0.15, -0.1) is 4.91 Å². The lowest BCUT2D eigenvalue weighted by Gasteiger charge is -1.99. The van der Waals surface area contributed by atoms with Crippen molar-refractivity contribution in [3.8, 4) is 0 Å². The molecule has 0 aliphatic rings. The number of nitroso groups, excluding NO2 is 1. The molecule has 6 nitrogen and oxygen atoms in total. The van der Waals surface area contributed by atoms with E-state index in [1.165, 1.54) is 4.40 Å². The minimum absolute atomic E-state index is 0.202. The van der Waals surface area contributed by atoms with Crippen molar-refractivity contribution >= 4 is 33.4 Å². The molecule has 0 bridgehead atoms. The Morgan fingerprint density at radius 2 is 2.31 bits per heavy atom. The van der Waals surface area contributed by atoms with E-state index in [-0.39, 0.29) is 11.5 Å². The molecule has 2 aromatic rings. The topological polar surface area (TPSA) is 84.0 Å². The van der Waals surface area contributed by atoms with Gasteiger partial charge in [-0.2, -0.15) is 0 Å². The summed E-state index contributed by atoms with van der Waals surface area (Å²) in [5.41, 5.74) is 0.832. The highest BCUT2D eigenvalue weighted by Gasteiger charge is 2.20. The Labute approximate surface area is 98.0 Å². The first kappa shape index (κ1) is 10.7. The zero-order valence-corrected chi connectivity index (χ0v) is 9.72. The van der Waals surface area contributed by atoms with Gasteiger partial charge in [-0.05, 0) is 39.7 Å². The van der Waals surface area contributed by atoms with Gasteiger partial charge in [-0.3, -0.25) is 4.40 Å². The molecule has 0 fully saturated rings. The molecule has 0 radical (unpaired) electrons. The fourth-order valence-corrected chi connectivity index (χ4v) is 2.04. The van der Waals surface area contributed by atoms with E-state index in [0.717, 1.165) is 10.0 Å². The van der Waals surface area contributed by atoms with Crippen LogP contribution < -0.4 is 0 Å². The van der Waals surface area contributed by atoms with Crippen LogP contribution in [0.3, 0.4) is 0 Å². The molecule has 82 valence electrons. The number of fused-ring (bicyclic) bond motifs is 1. The molecule has 0 amide bonds. The predicted octanol–water partition coefficient (Wildman–Crippen LogP) is 2.50. The number of hydrogen-bond donors (Lipinski definition) is 1. The summed E-state index contributed by atoms with van der Waals surface area (Å²) in [6, 6.07) is 1.78. The van der Waals surface area contributed by atoms with Crippen LogP contribution in [0.15, 0.2) is 21.9 Å². The van der Waals surface area contributed by atoms with Crippen LogP contribution in [0.1, 0.15) is 16.1 Å². The van der Waals surface area contributed by atoms with Gasteiger partial charge >= 0.3 is 5.97 Å². The van der Waals surface area contributed by atoms with Crippen LogP contribution in [0, 0.1) is 11.8 Å². The lowest BCUT2D eigenvalue weighted by Crippen LogP contribution is -1.96. The number of aromatic carboxylic acids is 1. The second-order valence-corrected chi connectivity index (χ2v) is 4.13. The number of aromatic nitrogens is 2. The van der Waals surface area contributed by atoms with Crippen LogP contribution in [-0.4, -0.2) is 20.5 Å². The number of carbonyl (C=O) groups is 1. The Bertz CT molecular complexity index is 606. The molecule has 2 heterocycles. The Hall–Kier alpha value is -1.76. The molecule has 0 spiro atoms. The Morgan fingerprint density at radius 3 is 2.88 bits per heavy atom. The number of aryl methyl sites for hydroxylation is 1. The summed E-state index contributed by atoms with van der Waals surface area (Å²) >= 11 is 3.25. The van der Waals surface area contributed by atoms with Crippen LogP contribution >= 0.6 is 15.9 Å². The first-order chi connectivity index (χ1) is 7.54. The van der Waals surface area contributed by atoms with E-state index < -0.39 is 5.97 Å². The summed E-state index contributed by atoms with van der Waals surface area (Å²) in [6.07, 6.45) is 1.55. The van der Waals surface area contributed by atoms with Crippen molar-refractivity contribution in [3.05, 3.63) is 32.9 Å². The minimum atomic E-state index is -1.27. The van der Waals surface area contributed by atoms with E-state index >= 15 is 0 Å². The van der Waals surface area contributed by atoms with E-state index in [4.69, 9.17) is 5.11 Å². The van der Waals surface area contributed by atoms with Crippen LogP contribution in [0.25, 0.3) is 5.65 Å². The molecule has 0 saturated carbocycles. The SMILES string of the molecule is Cc1cc(Br)cn2c(N=O)c(C(=O)O)nc12. The maximum absolute atomic E-state index is 10.9. The fourth-order valence-electron chi connectivity index (χ4n) is 1.49. The van der Waals surface area contributed by atoms with Gasteiger partial charge in [0.2, 0.25) is 5.82 Å². The maximum atomic E-state index is 10.9. The molecule has 2 rings (SSSR count). The standard InChI is InChI=1S/C9H6BrN3O3/c1-4-2-5(10)3-13-7(4)11-6(9(14)15)8(13)12-16/h2-3H,1H3,(H,14,15). The van der Waals surface area contributed by atoms with Gasteiger partial charge in [0.25, 0.3) is 0 Å². The number of nitrogens with zero attached hydrogens (tertiary/aromatic N) is 3. The molecule has 0 aliphatic heterocycles. The highest BCUT2D eigenvalue weighted by Crippen LogP contribution is 2.25. The summed E-state index contributed by atoms with van der Waals surface area (Å²) in [7, 11) is 0. The van der Waals surface area contributed by atoms with Gasteiger partial charge < -0.3 is 5.11 Å². The third-order valence-corrected chi connectivity index (χ3v) is 2.57. The second kappa shape index (κ2) is 3.67. The molecule has 0 unspecified atom stereocenters. The molecule has 0 saturated heterocycles. The van der Waals surface area contributed by atoms with Crippen molar-refractivity contribution < 1.29 is 9.90 Å². The number of pyridine rings is 1. The van der Waals surface area contributed by atoms with E-state index in [0.29, 0.717) is 5.65 Å². The largest absolute Gasteiger partial charge is 0.476 e. The molecular formula is C9H6BrN3O3. The van der Waals surface area contributed by atoms with Crippen molar-refractivity contribution in [1.29, 1.82) is 0 Å². The zero-order valence-electron chi connectivity index (χ0n) is 8.14. The first-order valence-electron chi connectivity index (χ1n) is 4.29. The second-order valence-electron chi connectivity index (χ2n) is 3.22. The van der Waals surface area contributed by atoms with Gasteiger partial charge in [-0.1, -0.05) is 0 Å². The summed E-state index contributed by atoms with van der Waals surface area (Å²) in [6.45, 7) is 1.77. The number of halogens is 1. The molecule has 0 atom stereocenters. The van der Waals surface area contributed by atoms with Crippen molar-refractivity contribution in [2.24, 2.45) is 5.18 Å². The Kier molecular flexibility index (Phi) is 2.47. The first-order valence-corrected chi connectivity index (χ1v) is 5.08. The average Bonchev–Trinajstić information content (AvgIpc) is 2.56. The maximum Gasteiger partial charge on any atom is 0.358 e. The average molecular weight is 284 g/mol. The van der Waals surface area contributed by atoms with Crippen LogP contribution in [0.2, 0.25) is 0 Å². The van der Waals surface area contributed by atoms with Crippen molar-refractivity contribution in [2.45, 2.75) is 6.92 Å². The number of rotatable bonds is 2. The number of hydrogen-bond acceptors (Lipinski definition) is 4. The van der Waals surface area contributed by atoms with Crippen molar-refractivity contribution in [3.63, 3.8) is 0 Å². The lowest BCUT2D eigenvalue weighted by molar-refractivity contribution is 0.0692. The Morgan fingerprint density at radius 1 is 1.62 bits per heavy atom. The predicted molar refractivity (Wildman–Crippen MR) is 60.0 cm³/mol. The molecule has 7 heteroatoms. The molecule has 0 aliphatic carbocycles. The summed E-state index contributed by atoms with van der Waals surface area (Å²) in [4.78, 5) is 25.4. The summed E-state index contributed by atoms with van der Waals surface area (Å²) in [5.74, 6) is -1.47. The van der Waals surface area contributed by atoms with Crippen LogP contribution in [-0.2, 0) is 0 Å². The lowest BCUT2D eigenvalue weighted by atomic mass is 10.3. The van der Waals surface area contributed by atoms with Crippen LogP contribution in [0.4, 0.5) is 5.82 Å². The summed E-state index contributed by atoms with van der Waals surface area (Å²) < 4.78 is 2.08.